The molecular formula is C17H21NO5S. The molecule has 0 aliphatic rings. The van der Waals surface area contributed by atoms with Crippen LogP contribution in [-0.4, -0.2) is 34.3 Å². The van der Waals surface area contributed by atoms with E-state index < -0.39 is 10.0 Å². The van der Waals surface area contributed by atoms with Gasteiger partial charge in [0, 0.05) is 12.6 Å². The fourth-order valence-corrected chi connectivity index (χ4v) is 3.54. The minimum absolute atomic E-state index is 0.0432. The number of hydrogen-bond acceptors (Lipinski definition) is 5. The van der Waals surface area contributed by atoms with E-state index in [0.29, 0.717) is 18.6 Å². The van der Waals surface area contributed by atoms with Gasteiger partial charge in [-0.15, -0.1) is 0 Å². The summed E-state index contributed by atoms with van der Waals surface area (Å²) in [6, 6.07) is 11.5. The molecule has 0 amide bonds. The van der Waals surface area contributed by atoms with E-state index in [2.05, 4.69) is 4.72 Å². The van der Waals surface area contributed by atoms with Crippen LogP contribution >= 0.6 is 0 Å². The Morgan fingerprint density at radius 2 is 1.88 bits per heavy atom. The largest absolute Gasteiger partial charge is 0.508 e. The van der Waals surface area contributed by atoms with E-state index in [9.17, 15) is 13.5 Å². The molecule has 2 rings (SSSR count). The van der Waals surface area contributed by atoms with E-state index in [1.165, 1.54) is 20.3 Å². The van der Waals surface area contributed by atoms with Gasteiger partial charge in [-0.2, -0.15) is 0 Å². The molecule has 0 unspecified atom stereocenters. The van der Waals surface area contributed by atoms with Crippen molar-refractivity contribution in [2.24, 2.45) is 0 Å². The summed E-state index contributed by atoms with van der Waals surface area (Å²) in [4.78, 5) is 0.0432. The molecule has 2 aromatic rings. The van der Waals surface area contributed by atoms with Crippen LogP contribution in [0.5, 0.6) is 17.2 Å². The van der Waals surface area contributed by atoms with Gasteiger partial charge in [0.1, 0.15) is 22.1 Å². The molecule has 0 radical (unpaired) electrons. The number of sulfonamides is 1. The summed E-state index contributed by atoms with van der Waals surface area (Å²) in [5.74, 6) is 0.904. The van der Waals surface area contributed by atoms with Crippen molar-refractivity contribution < 1.29 is 23.0 Å². The van der Waals surface area contributed by atoms with Crippen LogP contribution in [0.1, 0.15) is 12.0 Å². The van der Waals surface area contributed by atoms with Gasteiger partial charge >= 0.3 is 0 Å². The zero-order valence-electron chi connectivity index (χ0n) is 13.7. The zero-order valence-corrected chi connectivity index (χ0v) is 14.5. The van der Waals surface area contributed by atoms with Gasteiger partial charge in [-0.3, -0.25) is 0 Å². The molecule has 2 aromatic carbocycles. The number of phenolic OH excluding ortho intramolecular Hbond substituents is 1. The van der Waals surface area contributed by atoms with Gasteiger partial charge in [-0.25, -0.2) is 13.1 Å². The Morgan fingerprint density at radius 3 is 2.54 bits per heavy atom. The third kappa shape index (κ3) is 4.62. The first kappa shape index (κ1) is 18.1. The molecule has 0 spiro atoms. The van der Waals surface area contributed by atoms with Crippen molar-refractivity contribution in [3.05, 3.63) is 48.0 Å². The lowest BCUT2D eigenvalue weighted by Crippen LogP contribution is -2.25. The lowest BCUT2D eigenvalue weighted by Gasteiger charge is -2.12. The Kier molecular flexibility index (Phi) is 6.05. The van der Waals surface area contributed by atoms with E-state index in [-0.39, 0.29) is 22.9 Å². The molecular weight excluding hydrogens is 330 g/mol. The normalized spacial score (nSPS) is 11.2. The van der Waals surface area contributed by atoms with Gasteiger partial charge in [0.2, 0.25) is 10.0 Å². The Morgan fingerprint density at radius 1 is 1.08 bits per heavy atom. The number of ether oxygens (including phenoxy) is 2. The van der Waals surface area contributed by atoms with Crippen molar-refractivity contribution in [3.8, 4) is 17.2 Å². The number of benzene rings is 2. The quantitative estimate of drug-likeness (QED) is 0.713. The average Bonchev–Trinajstić information content (AvgIpc) is 2.58. The number of methoxy groups -OCH3 is 2. The lowest BCUT2D eigenvalue weighted by molar-refractivity contribution is 0.392. The number of rotatable bonds is 8. The van der Waals surface area contributed by atoms with Crippen LogP contribution in [0, 0.1) is 0 Å². The van der Waals surface area contributed by atoms with Crippen molar-refractivity contribution in [2.45, 2.75) is 17.7 Å². The summed E-state index contributed by atoms with van der Waals surface area (Å²) in [5.41, 5.74) is 0.952. The summed E-state index contributed by atoms with van der Waals surface area (Å²) < 4.78 is 37.7. The lowest BCUT2D eigenvalue weighted by atomic mass is 10.1. The molecule has 0 fully saturated rings. The third-order valence-corrected chi connectivity index (χ3v) is 4.99. The molecule has 0 aliphatic heterocycles. The van der Waals surface area contributed by atoms with Crippen LogP contribution in [-0.2, 0) is 16.4 Å². The maximum atomic E-state index is 12.5. The highest BCUT2D eigenvalue weighted by Gasteiger charge is 2.20. The monoisotopic (exact) mass is 351 g/mol. The summed E-state index contributed by atoms with van der Waals surface area (Å²) in [6.45, 7) is 0.276. The second kappa shape index (κ2) is 8.03. The second-order valence-electron chi connectivity index (χ2n) is 5.19. The first-order chi connectivity index (χ1) is 11.5. The molecule has 0 heterocycles. The molecule has 0 aromatic heterocycles. The molecule has 130 valence electrons. The van der Waals surface area contributed by atoms with E-state index in [0.717, 1.165) is 5.56 Å². The Labute approximate surface area is 142 Å². The summed E-state index contributed by atoms with van der Waals surface area (Å²) in [7, 11) is -0.810. The van der Waals surface area contributed by atoms with E-state index in [1.807, 2.05) is 6.07 Å². The fraction of sp³-hybridized carbons (Fsp3) is 0.294. The van der Waals surface area contributed by atoms with E-state index in [4.69, 9.17) is 9.47 Å². The molecule has 0 saturated heterocycles. The maximum Gasteiger partial charge on any atom is 0.244 e. The standard InChI is InChI=1S/C17H21NO5S/c1-22-15-8-9-16(23-2)17(12-15)24(20,21)18-10-4-6-13-5-3-7-14(19)11-13/h3,5,7-9,11-12,18-19H,4,6,10H2,1-2H3. The van der Waals surface area contributed by atoms with E-state index >= 15 is 0 Å². The van der Waals surface area contributed by atoms with Crippen molar-refractivity contribution in [1.29, 1.82) is 0 Å². The van der Waals surface area contributed by atoms with Gasteiger partial charge in [0.05, 0.1) is 14.2 Å². The highest BCUT2D eigenvalue weighted by molar-refractivity contribution is 7.89. The van der Waals surface area contributed by atoms with Gasteiger partial charge in [-0.05, 0) is 42.7 Å². The molecule has 2 N–H and O–H groups in total. The summed E-state index contributed by atoms with van der Waals surface area (Å²) in [6.07, 6.45) is 1.27. The topological polar surface area (TPSA) is 84.9 Å². The SMILES string of the molecule is COc1ccc(OC)c(S(=O)(=O)NCCCc2cccc(O)c2)c1. The number of aryl methyl sites for hydroxylation is 1. The van der Waals surface area contributed by atoms with Crippen LogP contribution < -0.4 is 14.2 Å². The Balaban J connectivity index is 2.01. The Bertz CT molecular complexity index is 789. The predicted molar refractivity (Wildman–Crippen MR) is 91.2 cm³/mol. The van der Waals surface area contributed by atoms with Crippen LogP contribution in [0.4, 0.5) is 0 Å². The third-order valence-electron chi connectivity index (χ3n) is 3.51. The number of hydrogen-bond donors (Lipinski definition) is 2. The fourth-order valence-electron chi connectivity index (χ4n) is 2.28. The number of phenols is 1. The van der Waals surface area contributed by atoms with Crippen LogP contribution in [0.25, 0.3) is 0 Å². The zero-order chi connectivity index (χ0) is 17.6. The Hall–Kier alpha value is -2.25. The summed E-state index contributed by atoms with van der Waals surface area (Å²) in [5, 5.41) is 9.42. The molecule has 7 heteroatoms. The minimum atomic E-state index is -3.70. The van der Waals surface area contributed by atoms with Gasteiger partial charge in [-0.1, -0.05) is 12.1 Å². The van der Waals surface area contributed by atoms with Crippen molar-refractivity contribution in [1.82, 2.24) is 4.72 Å². The molecule has 0 atom stereocenters. The average molecular weight is 351 g/mol. The number of nitrogens with one attached hydrogen (secondary N) is 1. The smallest absolute Gasteiger partial charge is 0.244 e. The predicted octanol–water partition coefficient (Wildman–Crippen LogP) is 2.32. The van der Waals surface area contributed by atoms with Gasteiger partial charge in [0.25, 0.3) is 0 Å². The minimum Gasteiger partial charge on any atom is -0.508 e. The van der Waals surface area contributed by atoms with Gasteiger partial charge < -0.3 is 14.6 Å². The maximum absolute atomic E-state index is 12.5. The molecule has 6 nitrogen and oxygen atoms in total. The molecule has 24 heavy (non-hydrogen) atoms. The van der Waals surface area contributed by atoms with Gasteiger partial charge in [0.15, 0.2) is 0 Å². The molecule has 0 saturated carbocycles. The molecule has 0 bridgehead atoms. The molecule has 0 aliphatic carbocycles. The van der Waals surface area contributed by atoms with Crippen LogP contribution in [0.15, 0.2) is 47.4 Å². The van der Waals surface area contributed by atoms with E-state index in [1.54, 1.807) is 30.3 Å². The van der Waals surface area contributed by atoms with Crippen molar-refractivity contribution >= 4 is 10.0 Å². The second-order valence-corrected chi connectivity index (χ2v) is 6.92. The highest BCUT2D eigenvalue weighted by Crippen LogP contribution is 2.27. The highest BCUT2D eigenvalue weighted by atomic mass is 32.2. The number of aromatic hydroxyl groups is 1. The first-order valence-electron chi connectivity index (χ1n) is 7.46. The van der Waals surface area contributed by atoms with Crippen molar-refractivity contribution in [2.75, 3.05) is 20.8 Å². The van der Waals surface area contributed by atoms with Crippen LogP contribution in [0.3, 0.4) is 0 Å². The summed E-state index contributed by atoms with van der Waals surface area (Å²) >= 11 is 0. The van der Waals surface area contributed by atoms with Crippen LogP contribution in [0.2, 0.25) is 0 Å². The van der Waals surface area contributed by atoms with Crippen molar-refractivity contribution in [3.63, 3.8) is 0 Å². The first-order valence-corrected chi connectivity index (χ1v) is 8.94.